The fourth-order valence-electron chi connectivity index (χ4n) is 5.32. The molecule has 2 saturated carbocycles. The molecule has 1 heteroatoms. The van der Waals surface area contributed by atoms with Crippen LogP contribution in [0.5, 0.6) is 0 Å². The lowest BCUT2D eigenvalue weighted by molar-refractivity contribution is 0.00280. The molecule has 0 aromatic heterocycles. The van der Waals surface area contributed by atoms with Crippen molar-refractivity contribution in [3.8, 4) is 0 Å². The Morgan fingerprint density at radius 2 is 1.89 bits per heavy atom. The third-order valence-corrected chi connectivity index (χ3v) is 6.47. The third kappa shape index (κ3) is 3.01. The molecule has 2 aliphatic rings. The molecule has 0 radical (unpaired) electrons. The van der Waals surface area contributed by atoms with Crippen molar-refractivity contribution in [3.63, 3.8) is 0 Å². The monoisotopic (exact) mass is 266 g/mol. The molecule has 0 aliphatic heterocycles. The highest BCUT2D eigenvalue weighted by Crippen LogP contribution is 2.65. The summed E-state index contributed by atoms with van der Waals surface area (Å²) >= 11 is 0. The lowest BCUT2D eigenvalue weighted by Gasteiger charge is -2.49. The molecule has 1 nitrogen and oxygen atoms in total. The van der Waals surface area contributed by atoms with Gasteiger partial charge in [0.15, 0.2) is 0 Å². The van der Waals surface area contributed by atoms with Crippen LogP contribution in [0.3, 0.4) is 0 Å². The number of aliphatic hydroxyl groups is 1. The summed E-state index contributed by atoms with van der Waals surface area (Å²) in [5.41, 5.74) is 1.20. The van der Waals surface area contributed by atoms with Crippen LogP contribution in [0.15, 0.2) is 0 Å². The summed E-state index contributed by atoms with van der Waals surface area (Å²) in [6.07, 6.45) is 10.8. The van der Waals surface area contributed by atoms with Crippen molar-refractivity contribution in [2.24, 2.45) is 28.6 Å². The minimum Gasteiger partial charge on any atom is -0.396 e. The van der Waals surface area contributed by atoms with Gasteiger partial charge < -0.3 is 5.11 Å². The van der Waals surface area contributed by atoms with Gasteiger partial charge in [-0.1, -0.05) is 34.1 Å². The zero-order chi connectivity index (χ0) is 14.1. The van der Waals surface area contributed by atoms with E-state index in [4.69, 9.17) is 0 Å². The molecule has 112 valence electrons. The molecule has 1 N–H and O–H groups in total. The fourth-order valence-corrected chi connectivity index (χ4v) is 5.32. The summed E-state index contributed by atoms with van der Waals surface area (Å²) in [4.78, 5) is 0. The molecule has 2 rings (SSSR count). The summed E-state index contributed by atoms with van der Waals surface area (Å²) in [7, 11) is 0. The smallest absolute Gasteiger partial charge is 0.0431 e. The highest BCUT2D eigenvalue weighted by molar-refractivity contribution is 5.05. The molecule has 0 aromatic carbocycles. The molecule has 3 atom stereocenters. The Morgan fingerprint density at radius 3 is 2.42 bits per heavy atom. The summed E-state index contributed by atoms with van der Waals surface area (Å²) in [5, 5.41) is 9.18. The Hall–Kier alpha value is -0.0400. The van der Waals surface area contributed by atoms with E-state index in [9.17, 15) is 5.11 Å². The Balaban J connectivity index is 2.08. The van der Waals surface area contributed by atoms with Crippen molar-refractivity contribution in [3.05, 3.63) is 0 Å². The van der Waals surface area contributed by atoms with E-state index in [0.717, 1.165) is 24.2 Å². The lowest BCUT2D eigenvalue weighted by atomic mass is 9.56. The molecular weight excluding hydrogens is 232 g/mol. The summed E-state index contributed by atoms with van der Waals surface area (Å²) in [5.74, 6) is 2.63. The van der Waals surface area contributed by atoms with Crippen LogP contribution >= 0.6 is 0 Å². The van der Waals surface area contributed by atoms with Crippen LogP contribution in [0.25, 0.3) is 0 Å². The topological polar surface area (TPSA) is 20.2 Å². The quantitative estimate of drug-likeness (QED) is 0.715. The van der Waals surface area contributed by atoms with E-state index in [1.807, 2.05) is 0 Å². The molecule has 1 spiro atoms. The van der Waals surface area contributed by atoms with Gasteiger partial charge in [-0.05, 0) is 73.5 Å². The van der Waals surface area contributed by atoms with Crippen molar-refractivity contribution >= 4 is 0 Å². The second-order valence-corrected chi connectivity index (χ2v) is 8.08. The minimum absolute atomic E-state index is 0.377. The maximum absolute atomic E-state index is 9.18. The molecule has 0 amide bonds. The van der Waals surface area contributed by atoms with E-state index in [1.54, 1.807) is 0 Å². The van der Waals surface area contributed by atoms with Crippen LogP contribution in [0, 0.1) is 28.6 Å². The summed E-state index contributed by atoms with van der Waals surface area (Å²) in [6.45, 7) is 10.2. The minimum atomic E-state index is 0.377. The Labute approximate surface area is 120 Å². The van der Waals surface area contributed by atoms with Crippen LogP contribution in [0.4, 0.5) is 0 Å². The first-order valence-corrected chi connectivity index (χ1v) is 8.58. The van der Waals surface area contributed by atoms with Gasteiger partial charge in [-0.3, -0.25) is 0 Å². The molecule has 0 heterocycles. The van der Waals surface area contributed by atoms with Gasteiger partial charge in [-0.2, -0.15) is 0 Å². The number of hydrogen-bond acceptors (Lipinski definition) is 1. The van der Waals surface area contributed by atoms with Crippen LogP contribution in [0.1, 0.15) is 79.1 Å². The average Bonchev–Trinajstić information content (AvgIpc) is 3.09. The predicted molar refractivity (Wildman–Crippen MR) is 82.1 cm³/mol. The van der Waals surface area contributed by atoms with E-state index >= 15 is 0 Å². The van der Waals surface area contributed by atoms with Gasteiger partial charge in [0.25, 0.3) is 0 Å². The van der Waals surface area contributed by atoms with E-state index in [0.29, 0.717) is 17.4 Å². The number of hydrogen-bond donors (Lipinski definition) is 1. The van der Waals surface area contributed by atoms with Gasteiger partial charge in [-0.15, -0.1) is 0 Å². The predicted octanol–water partition coefficient (Wildman–Crippen LogP) is 5.03. The molecule has 2 unspecified atom stereocenters. The van der Waals surface area contributed by atoms with E-state index < -0.39 is 0 Å². The van der Waals surface area contributed by atoms with Gasteiger partial charge in [0, 0.05) is 6.61 Å². The molecule has 0 aromatic rings. The van der Waals surface area contributed by atoms with Crippen molar-refractivity contribution in [1.82, 2.24) is 0 Å². The van der Waals surface area contributed by atoms with Crippen molar-refractivity contribution in [2.45, 2.75) is 79.1 Å². The first-order chi connectivity index (χ1) is 8.97. The molecule has 19 heavy (non-hydrogen) atoms. The molecule has 0 bridgehead atoms. The Bertz CT molecular complexity index is 288. The van der Waals surface area contributed by atoms with Crippen LogP contribution in [0.2, 0.25) is 0 Å². The third-order valence-electron chi connectivity index (χ3n) is 6.47. The largest absolute Gasteiger partial charge is 0.396 e. The molecule has 0 saturated heterocycles. The fraction of sp³-hybridized carbons (Fsp3) is 1.00. The normalized spacial score (nSPS) is 33.6. The summed E-state index contributed by atoms with van der Waals surface area (Å²) in [6, 6.07) is 0. The average molecular weight is 266 g/mol. The first kappa shape index (κ1) is 15.4. The van der Waals surface area contributed by atoms with Crippen LogP contribution in [-0.2, 0) is 0 Å². The number of aliphatic hydroxyl groups excluding tert-OH is 1. The highest BCUT2D eigenvalue weighted by atomic mass is 16.2. The van der Waals surface area contributed by atoms with E-state index in [-0.39, 0.29) is 0 Å². The molecule has 2 fully saturated rings. The second kappa shape index (κ2) is 5.76. The SMILES string of the molecule is CCCC(C)(C)C1CCC2(CC2)[C@H](CCCO)C1C. The summed E-state index contributed by atoms with van der Waals surface area (Å²) < 4.78 is 0. The molecular formula is C18H34O. The first-order valence-electron chi connectivity index (χ1n) is 8.58. The van der Waals surface area contributed by atoms with Crippen molar-refractivity contribution in [2.75, 3.05) is 6.61 Å². The van der Waals surface area contributed by atoms with Crippen LogP contribution in [-0.4, -0.2) is 11.7 Å². The van der Waals surface area contributed by atoms with Crippen LogP contribution < -0.4 is 0 Å². The highest BCUT2D eigenvalue weighted by Gasteiger charge is 2.55. The number of rotatable bonds is 6. The zero-order valence-corrected chi connectivity index (χ0v) is 13.5. The maximum atomic E-state index is 9.18. The molecule has 2 aliphatic carbocycles. The van der Waals surface area contributed by atoms with Crippen molar-refractivity contribution in [1.29, 1.82) is 0 Å². The van der Waals surface area contributed by atoms with Gasteiger partial charge in [0.2, 0.25) is 0 Å². The standard InChI is InChI=1S/C18H34O/c1-5-9-17(3,4)15-8-10-18(11-12-18)16(14(15)2)7-6-13-19/h14-16,19H,5-13H2,1-4H3/t14?,15?,16-/m1/s1. The van der Waals surface area contributed by atoms with Crippen molar-refractivity contribution < 1.29 is 5.11 Å². The van der Waals surface area contributed by atoms with E-state index in [1.165, 1.54) is 44.9 Å². The Morgan fingerprint density at radius 1 is 1.21 bits per heavy atom. The van der Waals surface area contributed by atoms with Gasteiger partial charge in [0.05, 0.1) is 0 Å². The lowest BCUT2D eigenvalue weighted by Crippen LogP contribution is -2.41. The zero-order valence-electron chi connectivity index (χ0n) is 13.5. The van der Waals surface area contributed by atoms with Gasteiger partial charge >= 0.3 is 0 Å². The van der Waals surface area contributed by atoms with Gasteiger partial charge in [-0.25, -0.2) is 0 Å². The van der Waals surface area contributed by atoms with E-state index in [2.05, 4.69) is 27.7 Å². The second-order valence-electron chi connectivity index (χ2n) is 8.08. The Kier molecular flexibility index (Phi) is 4.65. The maximum Gasteiger partial charge on any atom is 0.0431 e. The van der Waals surface area contributed by atoms with Gasteiger partial charge in [0.1, 0.15) is 0 Å².